The van der Waals surface area contributed by atoms with Crippen LogP contribution in [0.25, 0.3) is 0 Å². The lowest BCUT2D eigenvalue weighted by Crippen LogP contribution is -2.28. The normalized spacial score (nSPS) is 13.0. The zero-order valence-corrected chi connectivity index (χ0v) is 11.0. The zero-order valence-electron chi connectivity index (χ0n) is 11.0. The molecule has 1 unspecified atom stereocenters. The number of nitrogens with one attached hydrogen (secondary N) is 1. The highest BCUT2D eigenvalue weighted by Crippen LogP contribution is 2.30. The van der Waals surface area contributed by atoms with Crippen molar-refractivity contribution >= 4 is 5.91 Å². The number of furan rings is 1. The van der Waals surface area contributed by atoms with Crippen molar-refractivity contribution in [1.82, 2.24) is 5.32 Å². The molecule has 0 saturated carbocycles. The standard InChI is InChI=1S/C14H11F4NO3/c15-10-5-8(4-9(6-10)14(16,17)18)13(21)19-7-11(20)12-2-1-3-22-12/h1-6,11,20H,7H2,(H,19,21). The van der Waals surface area contributed by atoms with Crippen molar-refractivity contribution in [3.63, 3.8) is 0 Å². The molecule has 8 heteroatoms. The Hall–Kier alpha value is -2.35. The molecule has 0 saturated heterocycles. The Morgan fingerprint density at radius 3 is 2.64 bits per heavy atom. The third-order valence-electron chi connectivity index (χ3n) is 2.81. The Morgan fingerprint density at radius 1 is 1.32 bits per heavy atom. The number of hydrogen-bond donors (Lipinski definition) is 2. The molecule has 2 N–H and O–H groups in total. The van der Waals surface area contributed by atoms with E-state index in [-0.39, 0.29) is 12.3 Å². The van der Waals surface area contributed by atoms with E-state index >= 15 is 0 Å². The average molecular weight is 317 g/mol. The van der Waals surface area contributed by atoms with Gasteiger partial charge in [0.15, 0.2) is 0 Å². The molecule has 118 valence electrons. The van der Waals surface area contributed by atoms with E-state index in [4.69, 9.17) is 4.42 Å². The van der Waals surface area contributed by atoms with Gasteiger partial charge in [0, 0.05) is 5.56 Å². The molecule has 0 aliphatic carbocycles. The van der Waals surface area contributed by atoms with Crippen molar-refractivity contribution in [1.29, 1.82) is 0 Å². The number of aliphatic hydroxyl groups excluding tert-OH is 1. The van der Waals surface area contributed by atoms with Crippen molar-refractivity contribution in [2.75, 3.05) is 6.54 Å². The minimum absolute atomic E-state index is 0.190. The van der Waals surface area contributed by atoms with Crippen LogP contribution >= 0.6 is 0 Å². The molecule has 1 amide bonds. The van der Waals surface area contributed by atoms with Crippen molar-refractivity contribution in [3.05, 3.63) is 59.3 Å². The molecule has 2 aromatic rings. The first-order valence-corrected chi connectivity index (χ1v) is 6.15. The first-order chi connectivity index (χ1) is 10.3. The maximum absolute atomic E-state index is 13.2. The van der Waals surface area contributed by atoms with E-state index in [9.17, 15) is 27.5 Å². The van der Waals surface area contributed by atoms with Gasteiger partial charge in [-0.3, -0.25) is 4.79 Å². The Kier molecular flexibility index (Phi) is 4.51. The second-order valence-electron chi connectivity index (χ2n) is 4.47. The van der Waals surface area contributed by atoms with Crippen molar-refractivity contribution in [3.8, 4) is 0 Å². The number of amides is 1. The molecular weight excluding hydrogens is 306 g/mol. The van der Waals surface area contributed by atoms with Crippen molar-refractivity contribution in [2.45, 2.75) is 12.3 Å². The number of aliphatic hydroxyl groups is 1. The first kappa shape index (κ1) is 16.0. The molecule has 1 aromatic heterocycles. The molecule has 0 bridgehead atoms. The highest BCUT2D eigenvalue weighted by Gasteiger charge is 2.32. The summed E-state index contributed by atoms with van der Waals surface area (Å²) < 4.78 is 55.8. The maximum Gasteiger partial charge on any atom is 0.416 e. The summed E-state index contributed by atoms with van der Waals surface area (Å²) >= 11 is 0. The van der Waals surface area contributed by atoms with Crippen LogP contribution in [0.15, 0.2) is 41.0 Å². The van der Waals surface area contributed by atoms with Crippen LogP contribution in [0.5, 0.6) is 0 Å². The zero-order chi connectivity index (χ0) is 16.3. The van der Waals surface area contributed by atoms with Crippen LogP contribution in [-0.4, -0.2) is 17.6 Å². The summed E-state index contributed by atoms with van der Waals surface area (Å²) in [6, 6.07) is 4.53. The molecular formula is C14H11F4NO3. The highest BCUT2D eigenvalue weighted by atomic mass is 19.4. The molecule has 1 heterocycles. The van der Waals surface area contributed by atoms with E-state index in [0.717, 1.165) is 0 Å². The van der Waals surface area contributed by atoms with Crippen LogP contribution in [0.1, 0.15) is 27.8 Å². The van der Waals surface area contributed by atoms with Crippen LogP contribution in [0, 0.1) is 5.82 Å². The van der Waals surface area contributed by atoms with Gasteiger partial charge in [-0.15, -0.1) is 0 Å². The molecule has 22 heavy (non-hydrogen) atoms. The van der Waals surface area contributed by atoms with E-state index in [1.807, 2.05) is 0 Å². The first-order valence-electron chi connectivity index (χ1n) is 6.15. The minimum Gasteiger partial charge on any atom is -0.467 e. The molecule has 1 aromatic carbocycles. The Bertz CT molecular complexity index is 653. The lowest BCUT2D eigenvalue weighted by Gasteiger charge is -2.11. The molecule has 0 aliphatic rings. The smallest absolute Gasteiger partial charge is 0.416 e. The third-order valence-corrected chi connectivity index (χ3v) is 2.81. The summed E-state index contributed by atoms with van der Waals surface area (Å²) in [5, 5.41) is 11.9. The maximum atomic E-state index is 13.2. The molecule has 2 rings (SSSR count). The topological polar surface area (TPSA) is 62.5 Å². The molecule has 1 atom stereocenters. The van der Waals surface area contributed by atoms with E-state index in [2.05, 4.69) is 5.32 Å². The summed E-state index contributed by atoms with van der Waals surface area (Å²) in [5.74, 6) is -1.92. The summed E-state index contributed by atoms with van der Waals surface area (Å²) in [5.41, 5.74) is -1.75. The van der Waals surface area contributed by atoms with Gasteiger partial charge >= 0.3 is 6.18 Å². The van der Waals surface area contributed by atoms with Crippen molar-refractivity contribution < 1.29 is 31.9 Å². The van der Waals surface area contributed by atoms with Gasteiger partial charge in [-0.05, 0) is 30.3 Å². The number of carbonyl (C=O) groups excluding carboxylic acids is 1. The second kappa shape index (κ2) is 6.18. The van der Waals surface area contributed by atoms with Crippen LogP contribution < -0.4 is 5.32 Å². The number of rotatable bonds is 4. The van der Waals surface area contributed by atoms with Gasteiger partial charge in [0.05, 0.1) is 18.4 Å². The Balaban J connectivity index is 2.08. The Labute approximate surface area is 122 Å². The number of hydrogen-bond acceptors (Lipinski definition) is 3. The number of alkyl halides is 3. The van der Waals surface area contributed by atoms with Gasteiger partial charge in [-0.25, -0.2) is 4.39 Å². The molecule has 0 aliphatic heterocycles. The molecule has 0 spiro atoms. The predicted molar refractivity (Wildman–Crippen MR) is 67.4 cm³/mol. The quantitative estimate of drug-likeness (QED) is 0.852. The van der Waals surface area contributed by atoms with Gasteiger partial charge in [-0.1, -0.05) is 0 Å². The largest absolute Gasteiger partial charge is 0.467 e. The highest BCUT2D eigenvalue weighted by molar-refractivity contribution is 5.94. The second-order valence-corrected chi connectivity index (χ2v) is 4.47. The summed E-state index contributed by atoms with van der Waals surface area (Å²) in [4.78, 5) is 11.8. The van der Waals surface area contributed by atoms with Crippen LogP contribution in [0.4, 0.5) is 17.6 Å². The van der Waals surface area contributed by atoms with Gasteiger partial charge < -0.3 is 14.8 Å². The monoisotopic (exact) mass is 317 g/mol. The third kappa shape index (κ3) is 3.85. The number of benzene rings is 1. The van der Waals surface area contributed by atoms with Crippen LogP contribution in [0.2, 0.25) is 0 Å². The van der Waals surface area contributed by atoms with E-state index in [0.29, 0.717) is 18.2 Å². The van der Waals surface area contributed by atoms with E-state index in [1.54, 1.807) is 0 Å². The van der Waals surface area contributed by atoms with Crippen LogP contribution in [-0.2, 0) is 6.18 Å². The molecule has 0 fully saturated rings. The van der Waals surface area contributed by atoms with E-state index < -0.39 is 35.1 Å². The van der Waals surface area contributed by atoms with Gasteiger partial charge in [0.25, 0.3) is 5.91 Å². The SMILES string of the molecule is O=C(NCC(O)c1ccco1)c1cc(F)cc(C(F)(F)F)c1. The summed E-state index contributed by atoms with van der Waals surface area (Å²) in [7, 11) is 0. The predicted octanol–water partition coefficient (Wildman–Crippen LogP) is 2.90. The Morgan fingerprint density at radius 2 is 2.05 bits per heavy atom. The van der Waals surface area contributed by atoms with Gasteiger partial charge in [0.2, 0.25) is 0 Å². The average Bonchev–Trinajstić information content (AvgIpc) is 2.97. The van der Waals surface area contributed by atoms with E-state index in [1.165, 1.54) is 18.4 Å². The minimum atomic E-state index is -4.76. The van der Waals surface area contributed by atoms with Gasteiger partial charge in [-0.2, -0.15) is 13.2 Å². The van der Waals surface area contributed by atoms with Gasteiger partial charge in [0.1, 0.15) is 17.7 Å². The molecule has 4 nitrogen and oxygen atoms in total. The lowest BCUT2D eigenvalue weighted by molar-refractivity contribution is -0.137. The van der Waals surface area contributed by atoms with Crippen LogP contribution in [0.3, 0.4) is 0 Å². The summed E-state index contributed by atoms with van der Waals surface area (Å²) in [6.45, 7) is -0.287. The summed E-state index contributed by atoms with van der Waals surface area (Å²) in [6.07, 6.45) is -4.59. The van der Waals surface area contributed by atoms with Crippen molar-refractivity contribution in [2.24, 2.45) is 0 Å². The lowest BCUT2D eigenvalue weighted by atomic mass is 10.1. The number of carbonyl (C=O) groups is 1. The fourth-order valence-corrected chi connectivity index (χ4v) is 1.76. The fourth-order valence-electron chi connectivity index (χ4n) is 1.76. The fraction of sp³-hybridized carbons (Fsp3) is 0.214. The number of halogens is 4. The molecule has 0 radical (unpaired) electrons.